The number of aromatic nitrogens is 9. The number of carboxylic acids is 2. The number of ether oxygens (including phenoxy) is 2. The van der Waals surface area contributed by atoms with Crippen molar-refractivity contribution in [2.45, 2.75) is 6.42 Å². The molecule has 0 unspecified atom stereocenters. The van der Waals surface area contributed by atoms with Crippen LogP contribution in [0.4, 0.5) is 11.4 Å². The number of carbonyl (C=O) groups is 4. The number of fused-ring (bicyclic) bond motifs is 1. The first-order chi connectivity index (χ1) is 24.1. The third-order valence-corrected chi connectivity index (χ3v) is 7.38. The van der Waals surface area contributed by atoms with Gasteiger partial charge in [-0.15, -0.1) is 25.0 Å². The van der Waals surface area contributed by atoms with Crippen LogP contribution in [0.1, 0.15) is 47.3 Å². The fourth-order valence-corrected chi connectivity index (χ4v) is 4.85. The van der Waals surface area contributed by atoms with E-state index in [0.717, 1.165) is 4.63 Å². The van der Waals surface area contributed by atoms with Gasteiger partial charge in [0.25, 0.3) is 11.8 Å². The van der Waals surface area contributed by atoms with E-state index in [-0.39, 0.29) is 82.3 Å². The second-order valence-electron chi connectivity index (χ2n) is 10.1. The molecule has 254 valence electrons. The number of tetrazole rings is 1. The number of anilines is 2. The van der Waals surface area contributed by atoms with Gasteiger partial charge in [-0.1, -0.05) is 11.6 Å². The maximum absolute atomic E-state index is 13.0. The molecule has 0 bridgehead atoms. The molecule has 0 saturated carbocycles. The van der Waals surface area contributed by atoms with Crippen LogP contribution in [0.15, 0.2) is 67.3 Å². The van der Waals surface area contributed by atoms with Gasteiger partial charge in [-0.05, 0) is 52.4 Å². The predicted molar refractivity (Wildman–Crippen MR) is 178 cm³/mol. The van der Waals surface area contributed by atoms with Crippen LogP contribution >= 0.6 is 11.6 Å². The molecule has 21 heteroatoms. The zero-order valence-corrected chi connectivity index (χ0v) is 26.3. The van der Waals surface area contributed by atoms with Crippen molar-refractivity contribution in [2.24, 2.45) is 0 Å². The number of carboxylic acid groups (broad SMARTS) is 2. The number of nitrogens with zero attached hydrogens (tertiary/aromatic N) is 9. The van der Waals surface area contributed by atoms with E-state index in [2.05, 4.69) is 46.4 Å². The number of rotatable bonds is 12. The summed E-state index contributed by atoms with van der Waals surface area (Å²) in [6.45, 7) is -0.0856. The van der Waals surface area contributed by atoms with E-state index in [9.17, 15) is 29.4 Å². The van der Waals surface area contributed by atoms with Crippen molar-refractivity contribution in [1.82, 2.24) is 45.0 Å². The number of carbonyl (C=O) groups excluding carboxylic acids is 2. The molecule has 6 rings (SSSR count). The average molecular weight is 708 g/mol. The second kappa shape index (κ2) is 15.4. The van der Waals surface area contributed by atoms with Gasteiger partial charge in [0, 0.05) is 36.0 Å². The van der Waals surface area contributed by atoms with Gasteiger partial charge >= 0.3 is 30.8 Å². The number of aromatic carboxylic acids is 2. The van der Waals surface area contributed by atoms with E-state index in [1.807, 2.05) is 0 Å². The summed E-state index contributed by atoms with van der Waals surface area (Å²) < 4.78 is 13.8. The Hall–Kier alpha value is -6.42. The number of hydrogen-bond acceptors (Lipinski definition) is 13. The molecule has 0 saturated heterocycles. The molecule has 0 spiro atoms. The zero-order valence-electron chi connectivity index (χ0n) is 25.5. The van der Waals surface area contributed by atoms with Crippen molar-refractivity contribution in [3.63, 3.8) is 0 Å². The van der Waals surface area contributed by atoms with Crippen LogP contribution in [-0.2, 0) is 6.42 Å². The van der Waals surface area contributed by atoms with Crippen molar-refractivity contribution < 1.29 is 38.9 Å². The van der Waals surface area contributed by atoms with E-state index >= 15 is 0 Å². The van der Waals surface area contributed by atoms with Gasteiger partial charge < -0.3 is 30.3 Å². The Morgan fingerprint density at radius 2 is 1.57 bits per heavy atom. The van der Waals surface area contributed by atoms with Crippen LogP contribution < -0.4 is 20.1 Å². The molecule has 0 aliphatic carbocycles. The first kappa shape index (κ1) is 35.9. The van der Waals surface area contributed by atoms with Crippen LogP contribution in [0.3, 0.4) is 0 Å². The van der Waals surface area contributed by atoms with Crippen molar-refractivity contribution in [1.29, 1.82) is 0 Å². The topological polar surface area (TPSA) is 251 Å². The van der Waals surface area contributed by atoms with Crippen LogP contribution in [0.25, 0.3) is 11.5 Å². The Morgan fingerprint density at radius 3 is 2.24 bits per heavy atom. The van der Waals surface area contributed by atoms with Crippen LogP contribution in [0.2, 0.25) is 5.02 Å². The second-order valence-corrected chi connectivity index (χ2v) is 10.6. The van der Waals surface area contributed by atoms with Crippen LogP contribution in [0, 0.1) is 0 Å². The van der Waals surface area contributed by atoms with Crippen molar-refractivity contribution in [3.05, 3.63) is 100 Å². The molecule has 0 aliphatic heterocycles. The summed E-state index contributed by atoms with van der Waals surface area (Å²) in [5.41, 5.74) is -0.228. The molecule has 4 N–H and O–H groups in total. The Kier molecular flexibility index (Phi) is 10.8. The fourth-order valence-electron chi connectivity index (χ4n) is 4.60. The SMILES string of the molecule is COc1cc(C(=O)O)c(NC(=O)c2ccc(-n3ccnc3)nn2)cc1OCCc1cc(C(=O)O)c(NC(=O)c2ccc3nnnn3n2)cc1Cl.[LiH]. The van der Waals surface area contributed by atoms with Crippen molar-refractivity contribution in [2.75, 3.05) is 24.4 Å². The number of benzene rings is 2. The molecule has 2 amide bonds. The van der Waals surface area contributed by atoms with Gasteiger partial charge in [-0.2, -0.15) is 0 Å². The monoisotopic (exact) mass is 707 g/mol. The van der Waals surface area contributed by atoms with Gasteiger partial charge in [-0.3, -0.25) is 14.2 Å². The van der Waals surface area contributed by atoms with Crippen LogP contribution in [0.5, 0.6) is 11.5 Å². The molecule has 0 aliphatic rings. The summed E-state index contributed by atoms with van der Waals surface area (Å²) in [4.78, 5) is 53.9. The van der Waals surface area contributed by atoms with Gasteiger partial charge in [0.2, 0.25) is 0 Å². The molecular weight excluding hydrogens is 685 g/mol. The number of hydrogen-bond donors (Lipinski definition) is 4. The van der Waals surface area contributed by atoms with E-state index in [0.29, 0.717) is 17.0 Å². The minimum absolute atomic E-state index is 0. The summed E-state index contributed by atoms with van der Waals surface area (Å²) >= 11 is 6.48. The van der Waals surface area contributed by atoms with Crippen LogP contribution in [-0.4, -0.2) is 112 Å². The Bertz CT molecular complexity index is 2270. The quantitative estimate of drug-likeness (QED) is 0.133. The first-order valence-corrected chi connectivity index (χ1v) is 14.6. The van der Waals surface area contributed by atoms with Gasteiger partial charge in [0.05, 0.1) is 36.2 Å². The van der Waals surface area contributed by atoms with Crippen molar-refractivity contribution >= 4 is 71.2 Å². The average Bonchev–Trinajstić information content (AvgIpc) is 3.82. The Labute approximate surface area is 302 Å². The summed E-state index contributed by atoms with van der Waals surface area (Å²) in [6.07, 6.45) is 4.79. The number of methoxy groups -OCH3 is 1. The maximum atomic E-state index is 13.0. The van der Waals surface area contributed by atoms with Gasteiger partial charge in [0.15, 0.2) is 34.4 Å². The summed E-state index contributed by atoms with van der Waals surface area (Å²) in [5, 5.41) is 47.5. The van der Waals surface area contributed by atoms with E-state index in [1.54, 1.807) is 23.0 Å². The molecule has 0 atom stereocenters. The summed E-state index contributed by atoms with van der Waals surface area (Å²) in [7, 11) is 1.31. The summed E-state index contributed by atoms with van der Waals surface area (Å²) in [5.74, 6) is -3.62. The number of amides is 2. The molecule has 2 aromatic carbocycles. The zero-order chi connectivity index (χ0) is 35.4. The normalized spacial score (nSPS) is 10.6. The molecule has 6 aromatic rings. The summed E-state index contributed by atoms with van der Waals surface area (Å²) in [6, 6.07) is 10.8. The molecule has 0 radical (unpaired) electrons. The molecule has 51 heavy (non-hydrogen) atoms. The predicted octanol–water partition coefficient (Wildman–Crippen LogP) is 2.03. The molecule has 4 heterocycles. The third kappa shape index (κ3) is 7.91. The van der Waals surface area contributed by atoms with E-state index in [4.69, 9.17) is 21.1 Å². The van der Waals surface area contributed by atoms with Gasteiger partial charge in [-0.25, -0.2) is 14.6 Å². The first-order valence-electron chi connectivity index (χ1n) is 14.2. The Balaban J connectivity index is 0.00000504. The third-order valence-electron chi connectivity index (χ3n) is 7.03. The molecule has 4 aromatic heterocycles. The standard InChI is InChI=1S/C30H22ClN11O8.Li.H/c1-49-23-11-17(30(47)48)22(34-27(43)19-2-4-25(36-35-19)41-8-7-32-14-41)13-24(23)50-9-6-15-10-16(29(45)46)21(12-18(15)31)33-28(44)20-3-5-26-37-39-40-42(26)38-20;;/h2-5,7-8,10-14H,6,9H2,1H3,(H,33,44)(H,34,43)(H,45,46)(H,47,48);;. The number of nitrogens with one attached hydrogen (secondary N) is 2. The number of imidazole rings is 1. The molecule has 0 fully saturated rings. The minimum atomic E-state index is -1.35. The van der Waals surface area contributed by atoms with E-state index in [1.165, 1.54) is 55.9 Å². The number of halogens is 1. The van der Waals surface area contributed by atoms with Crippen molar-refractivity contribution in [3.8, 4) is 17.3 Å². The Morgan fingerprint density at radius 1 is 0.863 bits per heavy atom. The fraction of sp³-hybridized carbons (Fsp3) is 0.100. The molecule has 19 nitrogen and oxygen atoms in total. The van der Waals surface area contributed by atoms with E-state index < -0.39 is 23.8 Å². The van der Waals surface area contributed by atoms with Gasteiger partial charge in [0.1, 0.15) is 6.33 Å². The molecular formula is C30H23ClLiN11O8.